The van der Waals surface area contributed by atoms with Gasteiger partial charge in [0.1, 0.15) is 0 Å². The van der Waals surface area contributed by atoms with Gasteiger partial charge in [-0.1, -0.05) is 0 Å². The number of carbonyl (C=O) groups excluding carboxylic acids is 1. The van der Waals surface area contributed by atoms with Crippen LogP contribution in [0.15, 0.2) is 12.3 Å². The van der Waals surface area contributed by atoms with Crippen molar-refractivity contribution >= 4 is 12.2 Å². The third-order valence-corrected chi connectivity index (χ3v) is 2.29. The van der Waals surface area contributed by atoms with E-state index in [9.17, 15) is 4.79 Å². The second-order valence-corrected chi connectivity index (χ2v) is 3.48. The maximum absolute atomic E-state index is 10.1. The van der Waals surface area contributed by atoms with E-state index in [1.165, 1.54) is 0 Å². The lowest BCUT2D eigenvalue weighted by atomic mass is 10.1. The van der Waals surface area contributed by atoms with Crippen molar-refractivity contribution in [3.8, 4) is 0 Å². The van der Waals surface area contributed by atoms with Crippen LogP contribution in [0.2, 0.25) is 0 Å². The van der Waals surface area contributed by atoms with Crippen LogP contribution >= 0.6 is 0 Å². The van der Waals surface area contributed by atoms with Crippen molar-refractivity contribution in [1.29, 1.82) is 0 Å². The first-order chi connectivity index (χ1) is 6.79. The highest BCUT2D eigenvalue weighted by Gasteiger charge is 2.27. The van der Waals surface area contributed by atoms with Crippen molar-refractivity contribution in [2.45, 2.75) is 13.0 Å². The van der Waals surface area contributed by atoms with Crippen LogP contribution in [0.3, 0.4) is 0 Å². The Morgan fingerprint density at radius 3 is 3.07 bits per heavy atom. The first-order valence-corrected chi connectivity index (χ1v) is 4.53. The molecule has 1 aliphatic heterocycles. The first-order valence-electron chi connectivity index (χ1n) is 4.53. The predicted molar refractivity (Wildman–Crippen MR) is 52.0 cm³/mol. The second kappa shape index (κ2) is 3.61. The molecule has 0 spiro atoms. The third-order valence-electron chi connectivity index (χ3n) is 2.29. The van der Waals surface area contributed by atoms with E-state index in [-0.39, 0.29) is 6.04 Å². The largest absolute Gasteiger partial charge is 0.352 e. The van der Waals surface area contributed by atoms with E-state index < -0.39 is 0 Å². The molecule has 1 aliphatic rings. The molecular weight excluding hydrogens is 180 g/mol. The number of amides is 1. The lowest BCUT2D eigenvalue weighted by Gasteiger charge is -2.39. The topological polar surface area (TPSA) is 58.1 Å². The molecule has 1 aromatic heterocycles. The number of hydrogen-bond donors (Lipinski definition) is 1. The van der Waals surface area contributed by atoms with E-state index >= 15 is 0 Å². The number of aryl methyl sites for hydroxylation is 1. The van der Waals surface area contributed by atoms with Gasteiger partial charge in [0.15, 0.2) is 5.82 Å². The standard InChI is InChI=1S/C9H12N4O/c1-7-2-9(12-11-3-7)13-4-8(5-13)10-6-14/h2-3,6,8H,4-5H2,1H3,(H,10,14). The monoisotopic (exact) mass is 192 g/mol. The van der Waals surface area contributed by atoms with Gasteiger partial charge in [0, 0.05) is 13.1 Å². The summed E-state index contributed by atoms with van der Waals surface area (Å²) in [5, 5.41) is 10.6. The molecule has 1 aromatic rings. The van der Waals surface area contributed by atoms with E-state index in [1.54, 1.807) is 6.20 Å². The molecule has 1 fully saturated rings. The molecule has 0 aromatic carbocycles. The van der Waals surface area contributed by atoms with Gasteiger partial charge in [0.2, 0.25) is 6.41 Å². The Morgan fingerprint density at radius 2 is 2.43 bits per heavy atom. The lowest BCUT2D eigenvalue weighted by Crippen LogP contribution is -2.58. The molecular formula is C9H12N4O. The molecule has 0 bridgehead atoms. The van der Waals surface area contributed by atoms with Crippen LogP contribution in [0.4, 0.5) is 5.82 Å². The number of carbonyl (C=O) groups is 1. The lowest BCUT2D eigenvalue weighted by molar-refractivity contribution is -0.110. The predicted octanol–water partition coefficient (Wildman–Crippen LogP) is -0.280. The van der Waals surface area contributed by atoms with Crippen molar-refractivity contribution in [2.24, 2.45) is 0 Å². The molecule has 0 aliphatic carbocycles. The van der Waals surface area contributed by atoms with Gasteiger partial charge >= 0.3 is 0 Å². The molecule has 0 unspecified atom stereocenters. The summed E-state index contributed by atoms with van der Waals surface area (Å²) in [7, 11) is 0. The van der Waals surface area contributed by atoms with Crippen molar-refractivity contribution in [2.75, 3.05) is 18.0 Å². The van der Waals surface area contributed by atoms with Gasteiger partial charge < -0.3 is 10.2 Å². The fourth-order valence-corrected chi connectivity index (χ4v) is 1.47. The highest BCUT2D eigenvalue weighted by Crippen LogP contribution is 2.17. The Labute approximate surface area is 82.1 Å². The summed E-state index contributed by atoms with van der Waals surface area (Å²) in [6.07, 6.45) is 2.47. The summed E-state index contributed by atoms with van der Waals surface area (Å²) in [6.45, 7) is 3.62. The molecule has 1 saturated heterocycles. The average Bonchev–Trinajstić information content (AvgIpc) is 2.10. The maximum Gasteiger partial charge on any atom is 0.207 e. The molecule has 2 rings (SSSR count). The quantitative estimate of drug-likeness (QED) is 0.669. The van der Waals surface area contributed by atoms with E-state index in [2.05, 4.69) is 20.4 Å². The first kappa shape index (κ1) is 8.93. The van der Waals surface area contributed by atoms with E-state index in [1.807, 2.05) is 13.0 Å². The zero-order valence-corrected chi connectivity index (χ0v) is 7.97. The minimum atomic E-state index is 0.259. The third kappa shape index (κ3) is 1.66. The number of aromatic nitrogens is 2. The maximum atomic E-state index is 10.1. The van der Waals surface area contributed by atoms with Crippen molar-refractivity contribution in [3.63, 3.8) is 0 Å². The van der Waals surface area contributed by atoms with Crippen LogP contribution < -0.4 is 10.2 Å². The number of nitrogens with one attached hydrogen (secondary N) is 1. The summed E-state index contributed by atoms with van der Waals surface area (Å²) in [5.74, 6) is 0.883. The Balaban J connectivity index is 1.96. The van der Waals surface area contributed by atoms with E-state index in [0.29, 0.717) is 0 Å². The van der Waals surface area contributed by atoms with Gasteiger partial charge in [-0.15, -0.1) is 5.10 Å². The van der Waals surface area contributed by atoms with Crippen molar-refractivity contribution < 1.29 is 4.79 Å². The van der Waals surface area contributed by atoms with E-state index in [0.717, 1.165) is 30.9 Å². The number of anilines is 1. The summed E-state index contributed by atoms with van der Waals surface area (Å²) >= 11 is 0. The second-order valence-electron chi connectivity index (χ2n) is 3.48. The average molecular weight is 192 g/mol. The molecule has 5 heteroatoms. The summed E-state index contributed by atoms with van der Waals surface area (Å²) < 4.78 is 0. The molecule has 0 saturated carbocycles. The van der Waals surface area contributed by atoms with Crippen molar-refractivity contribution in [1.82, 2.24) is 15.5 Å². The minimum Gasteiger partial charge on any atom is -0.352 e. The van der Waals surface area contributed by atoms with Crippen LogP contribution in [0.5, 0.6) is 0 Å². The SMILES string of the molecule is Cc1cnnc(N2CC(NC=O)C2)c1. The molecule has 0 radical (unpaired) electrons. The summed E-state index contributed by atoms with van der Waals surface area (Å²) in [5.41, 5.74) is 1.10. The molecule has 1 N–H and O–H groups in total. The van der Waals surface area contributed by atoms with Crippen LogP contribution in [0.25, 0.3) is 0 Å². The highest BCUT2D eigenvalue weighted by molar-refractivity contribution is 5.50. The molecule has 1 amide bonds. The smallest absolute Gasteiger partial charge is 0.207 e. The van der Waals surface area contributed by atoms with Crippen LogP contribution in [-0.2, 0) is 4.79 Å². The fraction of sp³-hybridized carbons (Fsp3) is 0.444. The number of rotatable bonds is 3. The Hall–Kier alpha value is -1.65. The zero-order valence-electron chi connectivity index (χ0n) is 7.97. The molecule has 74 valence electrons. The number of hydrogen-bond acceptors (Lipinski definition) is 4. The van der Waals surface area contributed by atoms with Crippen molar-refractivity contribution in [3.05, 3.63) is 17.8 Å². The Bertz CT molecular complexity index is 335. The fourth-order valence-electron chi connectivity index (χ4n) is 1.47. The van der Waals surface area contributed by atoms with Gasteiger partial charge in [-0.05, 0) is 18.6 Å². The van der Waals surface area contributed by atoms with Gasteiger partial charge in [-0.3, -0.25) is 4.79 Å². The Morgan fingerprint density at radius 1 is 1.64 bits per heavy atom. The molecule has 14 heavy (non-hydrogen) atoms. The van der Waals surface area contributed by atoms with Crippen LogP contribution in [-0.4, -0.2) is 35.7 Å². The summed E-state index contributed by atoms with van der Waals surface area (Å²) in [4.78, 5) is 12.2. The molecule has 0 atom stereocenters. The number of nitrogens with zero attached hydrogens (tertiary/aromatic N) is 3. The zero-order chi connectivity index (χ0) is 9.97. The highest BCUT2D eigenvalue weighted by atomic mass is 16.1. The van der Waals surface area contributed by atoms with Crippen LogP contribution in [0, 0.1) is 6.92 Å². The van der Waals surface area contributed by atoms with Gasteiger partial charge in [-0.2, -0.15) is 5.10 Å². The van der Waals surface area contributed by atoms with Gasteiger partial charge in [-0.25, -0.2) is 0 Å². The normalized spacial score (nSPS) is 16.2. The van der Waals surface area contributed by atoms with E-state index in [4.69, 9.17) is 0 Å². The van der Waals surface area contributed by atoms with Crippen LogP contribution in [0.1, 0.15) is 5.56 Å². The van der Waals surface area contributed by atoms with Gasteiger partial charge in [0.25, 0.3) is 0 Å². The molecule has 2 heterocycles. The molecule has 5 nitrogen and oxygen atoms in total. The minimum absolute atomic E-state index is 0.259. The van der Waals surface area contributed by atoms with Gasteiger partial charge in [0.05, 0.1) is 12.2 Å². The summed E-state index contributed by atoms with van der Waals surface area (Å²) in [6, 6.07) is 2.25. The Kier molecular flexibility index (Phi) is 2.30.